The Balaban J connectivity index is 2.26. The van der Waals surface area contributed by atoms with Crippen LogP contribution in [0.1, 0.15) is 69.2 Å². The standard InChI is InChI=1S/C25H31FN4O10/c1-3-25(4-2)22(38)29(24(40)30(23(25)39)16(21(36)37)9-11-18(31)32)15(20(34)35)7-5-6-12-27-19(33)14-8-10-17(26)28-13-14/h8,10,13,15-16H,3-7,9,11-12H2,1-2H3,(H,27,33)(H,31,32)(H,34,35)(H,36,37)/t15?,16-/m0/s1. The summed E-state index contributed by atoms with van der Waals surface area (Å²) in [5.74, 6) is -8.13. The van der Waals surface area contributed by atoms with E-state index in [9.17, 15) is 48.2 Å². The number of carbonyl (C=O) groups is 7. The first kappa shape index (κ1) is 31.8. The third-order valence-corrected chi connectivity index (χ3v) is 6.88. The molecule has 218 valence electrons. The van der Waals surface area contributed by atoms with Crippen molar-refractivity contribution >= 4 is 41.7 Å². The van der Waals surface area contributed by atoms with E-state index in [-0.39, 0.29) is 44.2 Å². The Kier molecular flexibility index (Phi) is 10.8. The Morgan fingerprint density at radius 3 is 1.93 bits per heavy atom. The number of carboxylic acid groups (broad SMARTS) is 3. The smallest absolute Gasteiger partial charge is 0.335 e. The number of aromatic nitrogens is 1. The molecular formula is C25H31FN4O10. The Morgan fingerprint density at radius 2 is 1.48 bits per heavy atom. The summed E-state index contributed by atoms with van der Waals surface area (Å²) >= 11 is 0. The normalized spacial score (nSPS) is 16.4. The zero-order valence-corrected chi connectivity index (χ0v) is 22.0. The second-order valence-corrected chi connectivity index (χ2v) is 9.18. The van der Waals surface area contributed by atoms with Crippen LogP contribution >= 0.6 is 0 Å². The average Bonchev–Trinajstić information content (AvgIpc) is 2.89. The molecule has 1 fully saturated rings. The number of carbonyl (C=O) groups excluding carboxylic acids is 4. The third-order valence-electron chi connectivity index (χ3n) is 6.88. The summed E-state index contributed by atoms with van der Waals surface area (Å²) in [6.45, 7) is 3.00. The number of urea groups is 1. The number of nitrogens with one attached hydrogen (secondary N) is 1. The summed E-state index contributed by atoms with van der Waals surface area (Å²) in [5.41, 5.74) is -1.82. The van der Waals surface area contributed by atoms with Gasteiger partial charge in [-0.3, -0.25) is 19.2 Å². The number of pyridine rings is 1. The molecule has 15 heteroatoms. The van der Waals surface area contributed by atoms with E-state index in [4.69, 9.17) is 5.11 Å². The number of nitrogens with zero attached hydrogens (tertiary/aromatic N) is 3. The number of rotatable bonds is 15. The maximum atomic E-state index is 13.5. The molecular weight excluding hydrogens is 535 g/mol. The fourth-order valence-corrected chi connectivity index (χ4v) is 4.51. The maximum absolute atomic E-state index is 13.5. The van der Waals surface area contributed by atoms with Crippen LogP contribution in [0.15, 0.2) is 18.3 Å². The highest BCUT2D eigenvalue weighted by Gasteiger charge is 2.59. The molecule has 40 heavy (non-hydrogen) atoms. The van der Waals surface area contributed by atoms with E-state index in [0.29, 0.717) is 9.80 Å². The molecule has 5 amide bonds. The summed E-state index contributed by atoms with van der Waals surface area (Å²) < 4.78 is 12.9. The molecule has 2 rings (SSSR count). The van der Waals surface area contributed by atoms with E-state index in [2.05, 4.69) is 10.3 Å². The Hall–Kier alpha value is -4.43. The summed E-state index contributed by atoms with van der Waals surface area (Å²) in [4.78, 5) is 91.8. The Labute approximate surface area is 228 Å². The van der Waals surface area contributed by atoms with Gasteiger partial charge in [-0.25, -0.2) is 29.2 Å². The van der Waals surface area contributed by atoms with Crippen molar-refractivity contribution in [3.05, 3.63) is 29.8 Å². The molecule has 2 heterocycles. The molecule has 1 aliphatic heterocycles. The summed E-state index contributed by atoms with van der Waals surface area (Å²) in [6, 6.07) is -2.91. The molecule has 1 aromatic rings. The van der Waals surface area contributed by atoms with Crippen molar-refractivity contribution in [1.82, 2.24) is 20.1 Å². The van der Waals surface area contributed by atoms with E-state index < -0.39 is 77.9 Å². The van der Waals surface area contributed by atoms with E-state index in [1.165, 1.54) is 19.9 Å². The van der Waals surface area contributed by atoms with E-state index >= 15 is 0 Å². The van der Waals surface area contributed by atoms with Crippen molar-refractivity contribution < 1.29 is 53.3 Å². The lowest BCUT2D eigenvalue weighted by molar-refractivity contribution is -0.170. The van der Waals surface area contributed by atoms with Gasteiger partial charge in [0.15, 0.2) is 0 Å². The van der Waals surface area contributed by atoms with Gasteiger partial charge in [-0.15, -0.1) is 0 Å². The molecule has 1 aromatic heterocycles. The zero-order chi connectivity index (χ0) is 30.2. The minimum atomic E-state index is -1.94. The van der Waals surface area contributed by atoms with Crippen LogP contribution < -0.4 is 5.32 Å². The number of amides is 5. The lowest BCUT2D eigenvalue weighted by Crippen LogP contribution is -2.70. The highest BCUT2D eigenvalue weighted by atomic mass is 19.1. The largest absolute Gasteiger partial charge is 0.481 e. The van der Waals surface area contributed by atoms with Crippen LogP contribution in [0.5, 0.6) is 0 Å². The van der Waals surface area contributed by atoms with Crippen LogP contribution in [0, 0.1) is 11.4 Å². The van der Waals surface area contributed by atoms with Crippen LogP contribution in [0.4, 0.5) is 9.18 Å². The van der Waals surface area contributed by atoms with Gasteiger partial charge in [-0.2, -0.15) is 4.39 Å². The van der Waals surface area contributed by atoms with Crippen LogP contribution in [0.2, 0.25) is 0 Å². The van der Waals surface area contributed by atoms with Crippen molar-refractivity contribution in [3.8, 4) is 0 Å². The number of imide groups is 2. The predicted molar refractivity (Wildman–Crippen MR) is 132 cm³/mol. The predicted octanol–water partition coefficient (Wildman–Crippen LogP) is 1.49. The minimum Gasteiger partial charge on any atom is -0.481 e. The second kappa shape index (κ2) is 13.6. The van der Waals surface area contributed by atoms with Gasteiger partial charge in [-0.05, 0) is 50.7 Å². The van der Waals surface area contributed by atoms with Crippen molar-refractivity contribution in [1.29, 1.82) is 0 Å². The maximum Gasteiger partial charge on any atom is 0.335 e. The molecule has 0 spiro atoms. The first-order valence-corrected chi connectivity index (χ1v) is 12.6. The van der Waals surface area contributed by atoms with E-state index in [0.717, 1.165) is 12.3 Å². The fourth-order valence-electron chi connectivity index (χ4n) is 4.51. The van der Waals surface area contributed by atoms with Gasteiger partial charge in [0, 0.05) is 19.2 Å². The molecule has 0 radical (unpaired) electrons. The number of unbranched alkanes of at least 4 members (excludes halogenated alkanes) is 1. The SMILES string of the molecule is CCC1(CC)C(=O)N(C(CCCCNC(=O)c2ccc(F)nc2)C(=O)O)C(=O)N([C@@H](CCC(=O)O)C(=O)O)C1=O. The number of carboxylic acids is 3. The lowest BCUT2D eigenvalue weighted by atomic mass is 9.77. The molecule has 0 saturated carbocycles. The molecule has 1 aliphatic rings. The van der Waals surface area contributed by atoms with Crippen LogP contribution in [0.3, 0.4) is 0 Å². The first-order chi connectivity index (χ1) is 18.8. The minimum absolute atomic E-state index is 0.0686. The number of hydrogen-bond acceptors (Lipinski definition) is 8. The molecule has 14 nitrogen and oxygen atoms in total. The van der Waals surface area contributed by atoms with Crippen molar-refractivity contribution in [2.75, 3.05) is 6.54 Å². The Bertz CT molecular complexity index is 1170. The first-order valence-electron chi connectivity index (χ1n) is 12.6. The molecule has 4 N–H and O–H groups in total. The lowest BCUT2D eigenvalue weighted by Gasteiger charge is -2.46. The van der Waals surface area contributed by atoms with Gasteiger partial charge in [0.05, 0.1) is 5.56 Å². The highest BCUT2D eigenvalue weighted by molar-refractivity contribution is 6.21. The summed E-state index contributed by atoms with van der Waals surface area (Å²) in [6.07, 6.45) is -0.598. The quantitative estimate of drug-likeness (QED) is 0.136. The monoisotopic (exact) mass is 566 g/mol. The van der Waals surface area contributed by atoms with Crippen LogP contribution in [-0.2, 0) is 24.0 Å². The highest BCUT2D eigenvalue weighted by Crippen LogP contribution is 2.39. The number of hydrogen-bond donors (Lipinski definition) is 4. The third kappa shape index (κ3) is 6.76. The summed E-state index contributed by atoms with van der Waals surface area (Å²) in [7, 11) is 0. The summed E-state index contributed by atoms with van der Waals surface area (Å²) in [5, 5.41) is 31.2. The van der Waals surface area contributed by atoms with Gasteiger partial charge in [0.2, 0.25) is 17.8 Å². The molecule has 0 bridgehead atoms. The topological polar surface area (TPSA) is 212 Å². The second-order valence-electron chi connectivity index (χ2n) is 9.18. The molecule has 1 saturated heterocycles. The average molecular weight is 567 g/mol. The fraction of sp³-hybridized carbons (Fsp3) is 0.520. The molecule has 1 unspecified atom stereocenters. The van der Waals surface area contributed by atoms with Gasteiger partial charge in [0.1, 0.15) is 17.5 Å². The Morgan fingerprint density at radius 1 is 0.925 bits per heavy atom. The molecule has 2 atom stereocenters. The molecule has 0 aromatic carbocycles. The zero-order valence-electron chi connectivity index (χ0n) is 22.0. The number of barbiturate groups is 1. The van der Waals surface area contributed by atoms with Crippen LogP contribution in [0.25, 0.3) is 0 Å². The van der Waals surface area contributed by atoms with E-state index in [1.54, 1.807) is 0 Å². The number of aliphatic carboxylic acids is 3. The van der Waals surface area contributed by atoms with Gasteiger partial charge in [0.25, 0.3) is 5.91 Å². The van der Waals surface area contributed by atoms with Gasteiger partial charge < -0.3 is 20.6 Å². The van der Waals surface area contributed by atoms with Gasteiger partial charge >= 0.3 is 23.9 Å². The van der Waals surface area contributed by atoms with E-state index in [1.807, 2.05) is 0 Å². The van der Waals surface area contributed by atoms with Crippen molar-refractivity contribution in [3.63, 3.8) is 0 Å². The van der Waals surface area contributed by atoms with Crippen molar-refractivity contribution in [2.45, 2.75) is 70.9 Å². The van der Waals surface area contributed by atoms with Gasteiger partial charge in [-0.1, -0.05) is 13.8 Å². The molecule has 0 aliphatic carbocycles. The van der Waals surface area contributed by atoms with Crippen LogP contribution in [-0.4, -0.2) is 90.4 Å². The van der Waals surface area contributed by atoms with Crippen molar-refractivity contribution in [2.24, 2.45) is 5.41 Å². The number of halogens is 1.